The van der Waals surface area contributed by atoms with Gasteiger partial charge in [0.15, 0.2) is 0 Å². The molecule has 0 spiro atoms. The summed E-state index contributed by atoms with van der Waals surface area (Å²) in [5.41, 5.74) is 1.68. The van der Waals surface area contributed by atoms with Crippen LogP contribution in [0.15, 0.2) is 30.5 Å². The first kappa shape index (κ1) is 12.6. The number of hydrogen-bond acceptors (Lipinski definition) is 2. The van der Waals surface area contributed by atoms with Crippen LogP contribution < -0.4 is 5.32 Å². The molecular weight excluding hydrogens is 228 g/mol. The number of carbonyl (C=O) groups excluding carboxylic acids is 1. The summed E-state index contributed by atoms with van der Waals surface area (Å²) in [6, 6.07) is 7.78. The summed E-state index contributed by atoms with van der Waals surface area (Å²) in [6.45, 7) is 4.00. The van der Waals surface area contributed by atoms with Crippen molar-refractivity contribution in [2.75, 3.05) is 19.8 Å². The summed E-state index contributed by atoms with van der Waals surface area (Å²) in [7, 11) is 0. The molecule has 0 aliphatic carbocycles. The van der Waals surface area contributed by atoms with Gasteiger partial charge in [0.2, 0.25) is 0 Å². The Labute approximate surface area is 106 Å². The van der Waals surface area contributed by atoms with E-state index in [9.17, 15) is 4.79 Å². The maximum absolute atomic E-state index is 12.0. The van der Waals surface area contributed by atoms with Crippen LogP contribution in [0.3, 0.4) is 0 Å². The molecule has 0 atom stereocenters. The third-order valence-corrected chi connectivity index (χ3v) is 2.79. The van der Waals surface area contributed by atoms with Crippen LogP contribution in [0.2, 0.25) is 0 Å². The molecule has 1 amide bonds. The zero-order valence-electron chi connectivity index (χ0n) is 10.5. The van der Waals surface area contributed by atoms with E-state index >= 15 is 0 Å². The lowest BCUT2D eigenvalue weighted by Gasteiger charge is -2.04. The molecule has 0 saturated heterocycles. The quantitative estimate of drug-likeness (QED) is 0.768. The molecule has 0 bridgehead atoms. The molecule has 96 valence electrons. The smallest absolute Gasteiger partial charge is 0.253 e. The number of fused-ring (bicyclic) bond motifs is 1. The summed E-state index contributed by atoms with van der Waals surface area (Å²) in [4.78, 5) is 15.1. The van der Waals surface area contributed by atoms with Gasteiger partial charge in [0.25, 0.3) is 5.91 Å². The third-order valence-electron chi connectivity index (χ3n) is 2.79. The Morgan fingerprint density at radius 1 is 1.39 bits per heavy atom. The molecular formula is C14H18N2O2. The minimum atomic E-state index is -0.0380. The van der Waals surface area contributed by atoms with Crippen LogP contribution in [0, 0.1) is 0 Å². The Morgan fingerprint density at radius 2 is 2.22 bits per heavy atom. The fraction of sp³-hybridized carbons (Fsp3) is 0.357. The van der Waals surface area contributed by atoms with Gasteiger partial charge in [-0.25, -0.2) is 0 Å². The molecule has 0 radical (unpaired) electrons. The van der Waals surface area contributed by atoms with Crippen molar-refractivity contribution in [2.45, 2.75) is 13.3 Å². The van der Waals surface area contributed by atoms with Crippen LogP contribution >= 0.6 is 0 Å². The van der Waals surface area contributed by atoms with E-state index in [0.29, 0.717) is 18.7 Å². The number of H-pyrrole nitrogens is 1. The monoisotopic (exact) mass is 246 g/mol. The molecule has 4 nitrogen and oxygen atoms in total. The van der Waals surface area contributed by atoms with Crippen LogP contribution in [-0.2, 0) is 4.74 Å². The lowest BCUT2D eigenvalue weighted by atomic mass is 10.1. The molecule has 4 heteroatoms. The number of ether oxygens (including phenoxy) is 1. The van der Waals surface area contributed by atoms with Crippen molar-refractivity contribution in [1.29, 1.82) is 0 Å². The highest BCUT2D eigenvalue weighted by Crippen LogP contribution is 2.17. The van der Waals surface area contributed by atoms with Crippen molar-refractivity contribution in [2.24, 2.45) is 0 Å². The molecule has 0 aliphatic rings. The number of amides is 1. The Hall–Kier alpha value is -1.81. The van der Waals surface area contributed by atoms with Gasteiger partial charge in [0.1, 0.15) is 0 Å². The van der Waals surface area contributed by atoms with Crippen molar-refractivity contribution >= 4 is 16.8 Å². The molecule has 2 N–H and O–H groups in total. The topological polar surface area (TPSA) is 54.1 Å². The number of aromatic amines is 1. The van der Waals surface area contributed by atoms with Crippen molar-refractivity contribution in [1.82, 2.24) is 10.3 Å². The normalized spacial score (nSPS) is 10.7. The number of para-hydroxylation sites is 1. The number of nitrogens with one attached hydrogen (secondary N) is 2. The minimum Gasteiger partial charge on any atom is -0.382 e. The lowest BCUT2D eigenvalue weighted by molar-refractivity contribution is 0.0946. The van der Waals surface area contributed by atoms with Gasteiger partial charge in [-0.2, -0.15) is 0 Å². The first-order valence-electron chi connectivity index (χ1n) is 6.25. The van der Waals surface area contributed by atoms with Crippen LogP contribution in [0.4, 0.5) is 0 Å². The molecule has 1 aromatic heterocycles. The number of aromatic nitrogens is 1. The molecule has 0 aliphatic heterocycles. The van der Waals surface area contributed by atoms with Gasteiger partial charge >= 0.3 is 0 Å². The van der Waals surface area contributed by atoms with Gasteiger partial charge < -0.3 is 15.0 Å². The Morgan fingerprint density at radius 3 is 3.06 bits per heavy atom. The summed E-state index contributed by atoms with van der Waals surface area (Å²) in [5, 5.41) is 3.86. The number of benzene rings is 1. The molecule has 0 fully saturated rings. The standard InChI is InChI=1S/C14H18N2O2/c1-2-18-9-5-8-15-14(17)12-10-16-13-7-4-3-6-11(12)13/h3-4,6-7,10,16H,2,5,8-9H2,1H3,(H,15,17). The first-order chi connectivity index (χ1) is 8.83. The van der Waals surface area contributed by atoms with Crippen molar-refractivity contribution in [3.05, 3.63) is 36.0 Å². The van der Waals surface area contributed by atoms with Crippen LogP contribution in [0.25, 0.3) is 10.9 Å². The third kappa shape index (κ3) is 2.90. The number of rotatable bonds is 6. The fourth-order valence-electron chi connectivity index (χ4n) is 1.88. The van der Waals surface area contributed by atoms with E-state index < -0.39 is 0 Å². The molecule has 0 unspecified atom stereocenters. The van der Waals surface area contributed by atoms with Gasteiger partial charge in [-0.3, -0.25) is 4.79 Å². The second-order valence-electron chi connectivity index (χ2n) is 4.05. The van der Waals surface area contributed by atoms with Crippen molar-refractivity contribution in [3.63, 3.8) is 0 Å². The van der Waals surface area contributed by atoms with Crippen molar-refractivity contribution in [3.8, 4) is 0 Å². The van der Waals surface area contributed by atoms with Crippen LogP contribution in [0.1, 0.15) is 23.7 Å². The average Bonchev–Trinajstić information content (AvgIpc) is 2.82. The summed E-state index contributed by atoms with van der Waals surface area (Å²) >= 11 is 0. The Kier molecular flexibility index (Phi) is 4.36. The fourth-order valence-corrected chi connectivity index (χ4v) is 1.88. The maximum atomic E-state index is 12.0. The van der Waals surface area contributed by atoms with E-state index in [1.54, 1.807) is 6.20 Å². The first-order valence-corrected chi connectivity index (χ1v) is 6.25. The van der Waals surface area contributed by atoms with E-state index in [1.165, 1.54) is 0 Å². The maximum Gasteiger partial charge on any atom is 0.253 e. The Balaban J connectivity index is 1.93. The van der Waals surface area contributed by atoms with Gasteiger partial charge in [0, 0.05) is 36.9 Å². The van der Waals surface area contributed by atoms with E-state index in [-0.39, 0.29) is 5.91 Å². The van der Waals surface area contributed by atoms with Gasteiger partial charge in [-0.15, -0.1) is 0 Å². The molecule has 0 saturated carbocycles. The van der Waals surface area contributed by atoms with Gasteiger partial charge in [-0.1, -0.05) is 18.2 Å². The second-order valence-corrected chi connectivity index (χ2v) is 4.05. The van der Waals surface area contributed by atoms with Gasteiger partial charge in [-0.05, 0) is 19.4 Å². The molecule has 18 heavy (non-hydrogen) atoms. The van der Waals surface area contributed by atoms with E-state index in [0.717, 1.165) is 23.9 Å². The Bertz CT molecular complexity index is 519. The number of hydrogen-bond donors (Lipinski definition) is 2. The molecule has 1 heterocycles. The lowest BCUT2D eigenvalue weighted by Crippen LogP contribution is -2.25. The van der Waals surface area contributed by atoms with E-state index in [4.69, 9.17) is 4.74 Å². The summed E-state index contributed by atoms with van der Waals surface area (Å²) in [6.07, 6.45) is 2.59. The second kappa shape index (κ2) is 6.21. The predicted octanol–water partition coefficient (Wildman–Crippen LogP) is 2.32. The van der Waals surface area contributed by atoms with Crippen LogP contribution in [0.5, 0.6) is 0 Å². The molecule has 2 aromatic rings. The molecule has 2 rings (SSSR count). The average molecular weight is 246 g/mol. The van der Waals surface area contributed by atoms with Crippen LogP contribution in [-0.4, -0.2) is 30.6 Å². The zero-order valence-corrected chi connectivity index (χ0v) is 10.5. The largest absolute Gasteiger partial charge is 0.382 e. The highest BCUT2D eigenvalue weighted by Gasteiger charge is 2.10. The van der Waals surface area contributed by atoms with Gasteiger partial charge in [0.05, 0.1) is 5.56 Å². The van der Waals surface area contributed by atoms with E-state index in [1.807, 2.05) is 31.2 Å². The highest BCUT2D eigenvalue weighted by atomic mass is 16.5. The zero-order chi connectivity index (χ0) is 12.8. The van der Waals surface area contributed by atoms with E-state index in [2.05, 4.69) is 10.3 Å². The summed E-state index contributed by atoms with van der Waals surface area (Å²) in [5.74, 6) is -0.0380. The SMILES string of the molecule is CCOCCCNC(=O)c1c[nH]c2ccccc12. The molecule has 1 aromatic carbocycles. The summed E-state index contributed by atoms with van der Waals surface area (Å²) < 4.78 is 5.22. The number of carbonyl (C=O) groups is 1. The highest BCUT2D eigenvalue weighted by molar-refractivity contribution is 6.06. The predicted molar refractivity (Wildman–Crippen MR) is 71.7 cm³/mol. The van der Waals surface area contributed by atoms with Crippen molar-refractivity contribution < 1.29 is 9.53 Å². The minimum absolute atomic E-state index is 0.0380.